The Morgan fingerprint density at radius 3 is 2.90 bits per heavy atom. The van der Waals surface area contributed by atoms with Crippen LogP contribution in [0.4, 0.5) is 0 Å². The molecule has 0 bridgehead atoms. The molecule has 3 rings (SSSR count). The smallest absolute Gasteiger partial charge is 0.295 e. The second-order valence-corrected chi connectivity index (χ2v) is 6.29. The molecule has 1 amide bonds. The van der Waals surface area contributed by atoms with E-state index in [0.29, 0.717) is 5.89 Å². The van der Waals surface area contributed by atoms with Gasteiger partial charge < -0.3 is 14.7 Å². The second kappa shape index (κ2) is 5.75. The van der Waals surface area contributed by atoms with E-state index >= 15 is 0 Å². The molecule has 2 saturated heterocycles. The van der Waals surface area contributed by atoms with Gasteiger partial charge in [0.15, 0.2) is 0 Å². The first kappa shape index (κ1) is 14.5. The molecule has 0 aromatic carbocycles. The van der Waals surface area contributed by atoms with Gasteiger partial charge in [-0.3, -0.25) is 4.79 Å². The van der Waals surface area contributed by atoms with Crippen molar-refractivity contribution in [2.24, 2.45) is 5.41 Å². The van der Waals surface area contributed by atoms with Gasteiger partial charge in [0.25, 0.3) is 11.7 Å². The lowest BCUT2D eigenvalue weighted by Gasteiger charge is -2.25. The number of likely N-dealkylation sites (tertiary alicyclic amines) is 1. The van der Waals surface area contributed by atoms with Crippen molar-refractivity contribution in [3.05, 3.63) is 11.7 Å². The van der Waals surface area contributed by atoms with Crippen LogP contribution in [0.5, 0.6) is 0 Å². The van der Waals surface area contributed by atoms with Crippen molar-refractivity contribution in [1.82, 2.24) is 20.4 Å². The van der Waals surface area contributed by atoms with Crippen molar-refractivity contribution < 1.29 is 9.32 Å². The van der Waals surface area contributed by atoms with Gasteiger partial charge in [0.1, 0.15) is 0 Å². The summed E-state index contributed by atoms with van der Waals surface area (Å²) in [7, 11) is 0. The third kappa shape index (κ3) is 2.69. The SMILES string of the molecule is CCC1(CC)CCN(C(=O)c2noc(C3CCCN3)n2)C1. The van der Waals surface area contributed by atoms with Gasteiger partial charge in [0.2, 0.25) is 5.89 Å². The summed E-state index contributed by atoms with van der Waals surface area (Å²) in [6.07, 6.45) is 5.39. The Hall–Kier alpha value is -1.43. The van der Waals surface area contributed by atoms with Crippen LogP contribution < -0.4 is 5.32 Å². The van der Waals surface area contributed by atoms with E-state index in [1.807, 2.05) is 4.90 Å². The Morgan fingerprint density at radius 1 is 1.48 bits per heavy atom. The van der Waals surface area contributed by atoms with Gasteiger partial charge in [-0.05, 0) is 44.1 Å². The van der Waals surface area contributed by atoms with Crippen molar-refractivity contribution in [2.75, 3.05) is 19.6 Å². The number of aromatic nitrogens is 2. The summed E-state index contributed by atoms with van der Waals surface area (Å²) in [4.78, 5) is 18.7. The number of hydrogen-bond donors (Lipinski definition) is 1. The molecule has 1 unspecified atom stereocenters. The summed E-state index contributed by atoms with van der Waals surface area (Å²) in [6, 6.07) is 0.114. The predicted molar refractivity (Wildman–Crippen MR) is 77.8 cm³/mol. The Morgan fingerprint density at radius 2 is 2.29 bits per heavy atom. The molecular weight excluding hydrogens is 268 g/mol. The number of carbonyl (C=O) groups is 1. The summed E-state index contributed by atoms with van der Waals surface area (Å²) in [5.41, 5.74) is 0.273. The van der Waals surface area contributed by atoms with E-state index < -0.39 is 0 Å². The third-order valence-corrected chi connectivity index (χ3v) is 5.22. The molecule has 6 heteroatoms. The zero-order chi connectivity index (χ0) is 14.9. The van der Waals surface area contributed by atoms with Crippen LogP contribution in [-0.4, -0.2) is 40.6 Å². The summed E-state index contributed by atoms with van der Waals surface area (Å²) < 4.78 is 5.26. The highest BCUT2D eigenvalue weighted by Crippen LogP contribution is 2.37. The molecular formula is C15H24N4O2. The fourth-order valence-corrected chi connectivity index (χ4v) is 3.44. The zero-order valence-corrected chi connectivity index (χ0v) is 12.9. The molecule has 2 aliphatic heterocycles. The third-order valence-electron chi connectivity index (χ3n) is 5.22. The van der Waals surface area contributed by atoms with Crippen molar-refractivity contribution in [1.29, 1.82) is 0 Å². The molecule has 0 saturated carbocycles. The Balaban J connectivity index is 1.68. The van der Waals surface area contributed by atoms with Crippen LogP contribution in [0.15, 0.2) is 4.52 Å². The highest BCUT2D eigenvalue weighted by atomic mass is 16.5. The standard InChI is InChI=1S/C15H24N4O2/c1-3-15(4-2)7-9-19(10-15)14(20)12-17-13(21-18-12)11-6-5-8-16-11/h11,16H,3-10H2,1-2H3. The van der Waals surface area contributed by atoms with Crippen molar-refractivity contribution in [3.8, 4) is 0 Å². The number of rotatable bonds is 4. The maximum absolute atomic E-state index is 12.5. The minimum atomic E-state index is -0.0910. The number of hydrogen-bond acceptors (Lipinski definition) is 5. The summed E-state index contributed by atoms with van der Waals surface area (Å²) >= 11 is 0. The molecule has 1 aromatic heterocycles. The van der Waals surface area contributed by atoms with E-state index in [9.17, 15) is 4.79 Å². The Bertz CT molecular complexity index is 504. The minimum absolute atomic E-state index is 0.0910. The summed E-state index contributed by atoms with van der Waals surface area (Å²) in [5.74, 6) is 0.667. The topological polar surface area (TPSA) is 71.3 Å². The van der Waals surface area contributed by atoms with Gasteiger partial charge >= 0.3 is 0 Å². The lowest BCUT2D eigenvalue weighted by atomic mass is 9.82. The predicted octanol–water partition coefficient (Wildman–Crippen LogP) is 2.15. The molecule has 1 N–H and O–H groups in total. The van der Waals surface area contributed by atoms with E-state index in [2.05, 4.69) is 29.3 Å². The van der Waals surface area contributed by atoms with Gasteiger partial charge in [-0.2, -0.15) is 4.98 Å². The average Bonchev–Trinajstić information content (AvgIpc) is 3.24. The first-order valence-electron chi connectivity index (χ1n) is 8.04. The van der Waals surface area contributed by atoms with Gasteiger partial charge in [0, 0.05) is 13.1 Å². The highest BCUT2D eigenvalue weighted by Gasteiger charge is 2.38. The van der Waals surface area contributed by atoms with Crippen LogP contribution in [0.1, 0.15) is 68.5 Å². The molecule has 21 heavy (non-hydrogen) atoms. The maximum atomic E-state index is 12.5. The molecule has 2 aliphatic rings. The van der Waals surface area contributed by atoms with Gasteiger partial charge in [-0.1, -0.05) is 19.0 Å². The van der Waals surface area contributed by atoms with Crippen LogP contribution in [0, 0.1) is 5.41 Å². The number of amides is 1. The largest absolute Gasteiger partial charge is 0.337 e. The highest BCUT2D eigenvalue weighted by molar-refractivity contribution is 5.90. The van der Waals surface area contributed by atoms with Gasteiger partial charge in [-0.15, -0.1) is 0 Å². The molecule has 1 aromatic rings. The number of carbonyl (C=O) groups excluding carboxylic acids is 1. The molecule has 1 atom stereocenters. The van der Waals surface area contributed by atoms with E-state index in [1.165, 1.54) is 0 Å². The molecule has 0 aliphatic carbocycles. The summed E-state index contributed by atoms with van der Waals surface area (Å²) in [5, 5.41) is 7.19. The van der Waals surface area contributed by atoms with E-state index in [4.69, 9.17) is 4.52 Å². The first-order chi connectivity index (χ1) is 10.2. The van der Waals surface area contributed by atoms with Crippen LogP contribution in [0.3, 0.4) is 0 Å². The minimum Gasteiger partial charge on any atom is -0.337 e. The van der Waals surface area contributed by atoms with Crippen LogP contribution in [0.25, 0.3) is 0 Å². The maximum Gasteiger partial charge on any atom is 0.295 e. The Kier molecular flexibility index (Phi) is 3.97. The Labute approximate surface area is 125 Å². The van der Waals surface area contributed by atoms with Crippen LogP contribution in [-0.2, 0) is 0 Å². The number of nitrogens with one attached hydrogen (secondary N) is 1. The molecule has 6 nitrogen and oxygen atoms in total. The fraction of sp³-hybridized carbons (Fsp3) is 0.800. The van der Waals surface area contributed by atoms with E-state index in [0.717, 1.165) is 51.7 Å². The number of nitrogens with zero attached hydrogens (tertiary/aromatic N) is 3. The summed E-state index contributed by atoms with van der Waals surface area (Å²) in [6.45, 7) is 6.99. The zero-order valence-electron chi connectivity index (χ0n) is 12.9. The lowest BCUT2D eigenvalue weighted by molar-refractivity contribution is 0.0754. The second-order valence-electron chi connectivity index (χ2n) is 6.29. The quantitative estimate of drug-likeness (QED) is 0.920. The molecule has 0 radical (unpaired) electrons. The van der Waals surface area contributed by atoms with Crippen LogP contribution >= 0.6 is 0 Å². The van der Waals surface area contributed by atoms with Crippen molar-refractivity contribution >= 4 is 5.91 Å². The molecule has 3 heterocycles. The molecule has 116 valence electrons. The van der Waals surface area contributed by atoms with Gasteiger partial charge in [0.05, 0.1) is 6.04 Å². The first-order valence-corrected chi connectivity index (χ1v) is 8.04. The van der Waals surface area contributed by atoms with Crippen molar-refractivity contribution in [3.63, 3.8) is 0 Å². The van der Waals surface area contributed by atoms with E-state index in [-0.39, 0.29) is 23.2 Å². The molecule has 2 fully saturated rings. The van der Waals surface area contributed by atoms with E-state index in [1.54, 1.807) is 0 Å². The lowest BCUT2D eigenvalue weighted by Crippen LogP contribution is -2.32. The van der Waals surface area contributed by atoms with Crippen molar-refractivity contribution in [2.45, 2.75) is 52.0 Å². The molecule has 0 spiro atoms. The normalized spacial score (nSPS) is 24.7. The van der Waals surface area contributed by atoms with Gasteiger partial charge in [-0.25, -0.2) is 0 Å². The monoisotopic (exact) mass is 292 g/mol. The fourth-order valence-electron chi connectivity index (χ4n) is 3.44. The van der Waals surface area contributed by atoms with Crippen LogP contribution in [0.2, 0.25) is 0 Å². The average molecular weight is 292 g/mol.